The molecule has 0 saturated heterocycles. The molecule has 3 aliphatic rings. The lowest BCUT2D eigenvalue weighted by molar-refractivity contribution is -0.145. The number of carbonyl (C=O) groups excluding carboxylic acids is 1. The smallest absolute Gasteiger partial charge is 0.293 e. The van der Waals surface area contributed by atoms with Crippen LogP contribution in [0.15, 0.2) is 0 Å². The number of carbonyl (C=O) groups is 1. The lowest BCUT2D eigenvalue weighted by atomic mass is 9.54. The molecule has 3 aliphatic carbocycles. The molecule has 0 aliphatic heterocycles. The molecule has 0 amide bonds. The summed E-state index contributed by atoms with van der Waals surface area (Å²) in [6, 6.07) is 0. The molecular weight excluding hydrogens is 212 g/mol. The molecule has 3 fully saturated rings. The highest BCUT2D eigenvalue weighted by atomic mass is 16.5. The molecular formula is C15H24O2. The highest BCUT2D eigenvalue weighted by molar-refractivity contribution is 5.38. The molecule has 2 heteroatoms. The summed E-state index contributed by atoms with van der Waals surface area (Å²) in [6.07, 6.45) is 9.39. The van der Waals surface area contributed by atoms with Gasteiger partial charge in [-0.05, 0) is 42.9 Å². The van der Waals surface area contributed by atoms with Gasteiger partial charge in [-0.15, -0.1) is 0 Å². The van der Waals surface area contributed by atoms with E-state index < -0.39 is 0 Å². The van der Waals surface area contributed by atoms with Crippen LogP contribution in [0, 0.1) is 22.7 Å². The summed E-state index contributed by atoms with van der Waals surface area (Å²) in [4.78, 5) is 10.8. The molecule has 0 aromatic heterocycles. The average molecular weight is 236 g/mol. The van der Waals surface area contributed by atoms with Gasteiger partial charge in [-0.3, -0.25) is 4.79 Å². The van der Waals surface area contributed by atoms with E-state index in [0.29, 0.717) is 17.3 Å². The molecule has 2 nitrogen and oxygen atoms in total. The molecule has 0 radical (unpaired) electrons. The summed E-state index contributed by atoms with van der Waals surface area (Å²) in [6.45, 7) is 5.45. The lowest BCUT2D eigenvalue weighted by Crippen LogP contribution is -2.46. The second-order valence-electron chi connectivity index (χ2n) is 7.24. The molecule has 0 N–H and O–H groups in total. The van der Waals surface area contributed by atoms with Crippen LogP contribution in [-0.2, 0) is 9.53 Å². The zero-order valence-corrected chi connectivity index (χ0v) is 11.1. The minimum absolute atomic E-state index is 0.197. The van der Waals surface area contributed by atoms with E-state index in [-0.39, 0.29) is 6.10 Å². The molecule has 0 aromatic carbocycles. The highest BCUT2D eigenvalue weighted by Crippen LogP contribution is 2.66. The minimum atomic E-state index is 0.197. The van der Waals surface area contributed by atoms with Crippen molar-refractivity contribution in [3.63, 3.8) is 0 Å². The fraction of sp³-hybridized carbons (Fsp3) is 0.933. The quantitative estimate of drug-likeness (QED) is 0.685. The van der Waals surface area contributed by atoms with Crippen LogP contribution in [0.1, 0.15) is 58.8 Å². The van der Waals surface area contributed by atoms with Gasteiger partial charge in [0.2, 0.25) is 0 Å². The van der Waals surface area contributed by atoms with Crippen LogP contribution < -0.4 is 0 Å². The second-order valence-corrected chi connectivity index (χ2v) is 7.24. The van der Waals surface area contributed by atoms with Crippen LogP contribution in [-0.4, -0.2) is 12.6 Å². The molecule has 2 bridgehead atoms. The first-order chi connectivity index (χ1) is 8.08. The zero-order valence-electron chi connectivity index (χ0n) is 11.1. The molecule has 4 unspecified atom stereocenters. The average Bonchev–Trinajstić information content (AvgIpc) is 2.47. The van der Waals surface area contributed by atoms with Gasteiger partial charge in [-0.2, -0.15) is 0 Å². The summed E-state index contributed by atoms with van der Waals surface area (Å²) in [5.74, 6) is 1.68. The number of ether oxygens (including phenoxy) is 1. The van der Waals surface area contributed by atoms with E-state index >= 15 is 0 Å². The maximum Gasteiger partial charge on any atom is 0.293 e. The van der Waals surface area contributed by atoms with Crippen molar-refractivity contribution >= 4 is 6.47 Å². The fourth-order valence-corrected chi connectivity index (χ4v) is 5.47. The van der Waals surface area contributed by atoms with Gasteiger partial charge < -0.3 is 4.74 Å². The van der Waals surface area contributed by atoms with Gasteiger partial charge in [0, 0.05) is 5.41 Å². The lowest BCUT2D eigenvalue weighted by Gasteiger charge is -2.51. The van der Waals surface area contributed by atoms with Crippen LogP contribution in [0.2, 0.25) is 0 Å². The third-order valence-corrected chi connectivity index (χ3v) is 6.00. The van der Waals surface area contributed by atoms with E-state index in [9.17, 15) is 4.79 Å². The Kier molecular flexibility index (Phi) is 2.53. The van der Waals surface area contributed by atoms with Crippen molar-refractivity contribution in [1.29, 1.82) is 0 Å². The molecule has 3 saturated carbocycles. The van der Waals surface area contributed by atoms with Crippen LogP contribution >= 0.6 is 0 Å². The Bertz CT molecular complexity index is 323. The number of rotatable bonds is 2. The SMILES string of the molecule is CC1(C)CC(OC=O)C23CCCC(CCC12)C3. The summed E-state index contributed by atoms with van der Waals surface area (Å²) in [5, 5.41) is 0. The van der Waals surface area contributed by atoms with E-state index in [0.717, 1.165) is 18.3 Å². The maximum absolute atomic E-state index is 10.8. The fourth-order valence-electron chi connectivity index (χ4n) is 5.47. The molecule has 3 rings (SSSR count). The Hall–Kier alpha value is -0.530. The third-order valence-electron chi connectivity index (χ3n) is 6.00. The summed E-state index contributed by atoms with van der Waals surface area (Å²) >= 11 is 0. The van der Waals surface area contributed by atoms with Crippen molar-refractivity contribution in [2.45, 2.75) is 64.9 Å². The monoisotopic (exact) mass is 236 g/mol. The van der Waals surface area contributed by atoms with Crippen LogP contribution in [0.5, 0.6) is 0 Å². The largest absolute Gasteiger partial charge is 0.464 e. The van der Waals surface area contributed by atoms with E-state index in [2.05, 4.69) is 13.8 Å². The number of hydrogen-bond donors (Lipinski definition) is 0. The van der Waals surface area contributed by atoms with Crippen LogP contribution in [0.3, 0.4) is 0 Å². The van der Waals surface area contributed by atoms with Crippen molar-refractivity contribution < 1.29 is 9.53 Å². The Morgan fingerprint density at radius 1 is 1.18 bits per heavy atom. The molecule has 0 aromatic rings. The molecule has 0 heterocycles. The van der Waals surface area contributed by atoms with Crippen molar-refractivity contribution in [2.75, 3.05) is 0 Å². The molecule has 96 valence electrons. The van der Waals surface area contributed by atoms with E-state index in [1.54, 1.807) is 0 Å². The third kappa shape index (κ3) is 1.56. The van der Waals surface area contributed by atoms with Crippen molar-refractivity contribution in [3.8, 4) is 0 Å². The predicted molar refractivity (Wildman–Crippen MR) is 66.5 cm³/mol. The van der Waals surface area contributed by atoms with Gasteiger partial charge in [-0.1, -0.05) is 33.1 Å². The van der Waals surface area contributed by atoms with Crippen molar-refractivity contribution in [3.05, 3.63) is 0 Å². The summed E-state index contributed by atoms with van der Waals surface area (Å²) < 4.78 is 5.50. The van der Waals surface area contributed by atoms with Crippen molar-refractivity contribution in [2.24, 2.45) is 22.7 Å². The maximum atomic E-state index is 10.8. The first kappa shape index (κ1) is 11.6. The van der Waals surface area contributed by atoms with Crippen LogP contribution in [0.4, 0.5) is 0 Å². The van der Waals surface area contributed by atoms with Gasteiger partial charge in [0.05, 0.1) is 0 Å². The zero-order chi connectivity index (χ0) is 12.1. The normalized spacial score (nSPS) is 47.3. The van der Waals surface area contributed by atoms with Crippen LogP contribution in [0.25, 0.3) is 0 Å². The number of hydrogen-bond acceptors (Lipinski definition) is 2. The van der Waals surface area contributed by atoms with Gasteiger partial charge in [0.15, 0.2) is 0 Å². The van der Waals surface area contributed by atoms with Gasteiger partial charge in [-0.25, -0.2) is 0 Å². The Labute approximate surface area is 104 Å². The topological polar surface area (TPSA) is 26.3 Å². The Balaban J connectivity index is 1.96. The summed E-state index contributed by atoms with van der Waals surface area (Å²) in [5.41, 5.74) is 0.696. The predicted octanol–water partition coefficient (Wildman–Crippen LogP) is 3.54. The van der Waals surface area contributed by atoms with E-state index in [4.69, 9.17) is 4.74 Å². The Morgan fingerprint density at radius 2 is 2.00 bits per heavy atom. The van der Waals surface area contributed by atoms with Gasteiger partial charge >= 0.3 is 0 Å². The first-order valence-corrected chi connectivity index (χ1v) is 7.18. The van der Waals surface area contributed by atoms with Gasteiger partial charge in [0.1, 0.15) is 6.10 Å². The minimum Gasteiger partial charge on any atom is -0.464 e. The molecule has 4 atom stereocenters. The van der Waals surface area contributed by atoms with E-state index in [1.165, 1.54) is 38.5 Å². The summed E-state index contributed by atoms with van der Waals surface area (Å²) in [7, 11) is 0. The standard InChI is InChI=1S/C15H24O2/c1-14(2)9-13(17-10-16)15-7-3-4-11(8-15)5-6-12(14)15/h10-13H,3-9H2,1-2H3. The molecule has 1 spiro atoms. The molecule has 17 heavy (non-hydrogen) atoms. The van der Waals surface area contributed by atoms with Crippen molar-refractivity contribution in [1.82, 2.24) is 0 Å². The van der Waals surface area contributed by atoms with Gasteiger partial charge in [0.25, 0.3) is 6.47 Å². The van der Waals surface area contributed by atoms with E-state index in [1.807, 2.05) is 0 Å². The number of fused-ring (bicyclic) bond motifs is 1. The second kappa shape index (κ2) is 3.73. The highest BCUT2D eigenvalue weighted by Gasteiger charge is 2.61. The Morgan fingerprint density at radius 3 is 2.76 bits per heavy atom. The first-order valence-electron chi connectivity index (χ1n) is 7.18.